The first-order chi connectivity index (χ1) is 15.3. The van der Waals surface area contributed by atoms with Gasteiger partial charge in [-0.25, -0.2) is 0 Å². The maximum absolute atomic E-state index is 13.4. The van der Waals surface area contributed by atoms with Crippen molar-refractivity contribution in [3.8, 4) is 11.5 Å². The van der Waals surface area contributed by atoms with Crippen LogP contribution in [0.5, 0.6) is 11.5 Å². The number of likely N-dealkylation sites (tertiary alicyclic amines) is 1. The highest BCUT2D eigenvalue weighted by molar-refractivity contribution is 5.94. The number of amides is 2. The van der Waals surface area contributed by atoms with Gasteiger partial charge in [0, 0.05) is 19.0 Å². The van der Waals surface area contributed by atoms with E-state index in [1.807, 2.05) is 39.0 Å². The van der Waals surface area contributed by atoms with Crippen LogP contribution in [0.25, 0.3) is 0 Å². The van der Waals surface area contributed by atoms with Crippen LogP contribution in [0, 0.1) is 11.8 Å². The van der Waals surface area contributed by atoms with E-state index in [9.17, 15) is 9.59 Å². The Morgan fingerprint density at radius 1 is 1.16 bits per heavy atom. The Morgan fingerprint density at radius 2 is 1.88 bits per heavy atom. The summed E-state index contributed by atoms with van der Waals surface area (Å²) in [6.07, 6.45) is 5.05. The summed E-state index contributed by atoms with van der Waals surface area (Å²) in [4.78, 5) is 27.9. The molecule has 2 aliphatic rings. The molecule has 1 heterocycles. The molecule has 1 aliphatic carbocycles. The van der Waals surface area contributed by atoms with Crippen LogP contribution >= 0.6 is 0 Å². The lowest BCUT2D eigenvalue weighted by atomic mass is 9.77. The standard InChI is InChI=1S/C26H40N2O4/c1-6-31-22-12-11-20(17-23(22)32-7-2)14-16-28-24(29)13-15-26(28,5)25(30)27-21-10-8-9-18(3)19(21)4/h11-12,17-19,21H,6-10,13-16H2,1-5H3,(H,27,30)/t18-,19-,21-,26-/m1/s1. The van der Waals surface area contributed by atoms with Crippen LogP contribution < -0.4 is 14.8 Å². The number of nitrogens with zero attached hydrogens (tertiary/aromatic N) is 1. The van der Waals surface area contributed by atoms with E-state index in [1.165, 1.54) is 6.42 Å². The van der Waals surface area contributed by atoms with Gasteiger partial charge in [-0.1, -0.05) is 32.8 Å². The minimum Gasteiger partial charge on any atom is -0.490 e. The Kier molecular flexibility index (Phi) is 8.07. The Morgan fingerprint density at radius 3 is 2.59 bits per heavy atom. The molecule has 6 nitrogen and oxygen atoms in total. The molecule has 0 spiro atoms. The van der Waals surface area contributed by atoms with Crippen LogP contribution in [0.15, 0.2) is 18.2 Å². The molecule has 1 N–H and O–H groups in total. The maximum atomic E-state index is 13.4. The first kappa shape index (κ1) is 24.4. The summed E-state index contributed by atoms with van der Waals surface area (Å²) in [5.74, 6) is 2.58. The number of benzene rings is 1. The molecule has 3 rings (SSSR count). The third kappa shape index (κ3) is 5.21. The molecule has 1 saturated carbocycles. The van der Waals surface area contributed by atoms with Gasteiger partial charge in [0.15, 0.2) is 11.5 Å². The Balaban J connectivity index is 1.69. The molecule has 1 aromatic carbocycles. The monoisotopic (exact) mass is 444 g/mol. The topological polar surface area (TPSA) is 67.9 Å². The van der Waals surface area contributed by atoms with E-state index in [-0.39, 0.29) is 17.9 Å². The molecule has 0 unspecified atom stereocenters. The molecule has 1 saturated heterocycles. The zero-order chi connectivity index (χ0) is 23.3. The van der Waals surface area contributed by atoms with Crippen molar-refractivity contribution in [2.45, 2.75) is 84.7 Å². The fraction of sp³-hybridized carbons (Fsp3) is 0.692. The van der Waals surface area contributed by atoms with Crippen LogP contribution in [-0.4, -0.2) is 48.1 Å². The van der Waals surface area contributed by atoms with Gasteiger partial charge in [0.25, 0.3) is 0 Å². The number of carbonyl (C=O) groups excluding carboxylic acids is 2. The third-order valence-electron chi connectivity index (χ3n) is 7.47. The van der Waals surface area contributed by atoms with E-state index < -0.39 is 5.54 Å². The van der Waals surface area contributed by atoms with Crippen molar-refractivity contribution in [2.24, 2.45) is 11.8 Å². The summed E-state index contributed by atoms with van der Waals surface area (Å²) in [5.41, 5.74) is 0.278. The van der Waals surface area contributed by atoms with Crippen molar-refractivity contribution in [3.63, 3.8) is 0 Å². The number of carbonyl (C=O) groups is 2. The highest BCUT2D eigenvalue weighted by atomic mass is 16.5. The molecular formula is C26H40N2O4. The van der Waals surface area contributed by atoms with Gasteiger partial charge in [-0.2, -0.15) is 0 Å². The molecule has 178 valence electrons. The number of nitrogens with one attached hydrogen (secondary N) is 1. The van der Waals surface area contributed by atoms with Crippen molar-refractivity contribution in [1.29, 1.82) is 0 Å². The van der Waals surface area contributed by atoms with Crippen molar-refractivity contribution in [1.82, 2.24) is 10.2 Å². The summed E-state index contributed by atoms with van der Waals surface area (Å²) in [6.45, 7) is 12.0. The van der Waals surface area contributed by atoms with Crippen LogP contribution in [0.4, 0.5) is 0 Å². The molecule has 0 bridgehead atoms. The minimum atomic E-state index is -0.786. The van der Waals surface area contributed by atoms with Crippen molar-refractivity contribution in [2.75, 3.05) is 19.8 Å². The largest absolute Gasteiger partial charge is 0.490 e. The second kappa shape index (κ2) is 10.6. The van der Waals surface area contributed by atoms with Crippen LogP contribution in [0.1, 0.15) is 72.3 Å². The SMILES string of the molecule is CCOc1ccc(CCN2C(=O)CC[C@]2(C)C(=O)N[C@@H]2CCC[C@@H](C)[C@H]2C)cc1OCC. The Labute approximate surface area is 193 Å². The fourth-order valence-electron chi connectivity index (χ4n) is 5.10. The van der Waals surface area contributed by atoms with E-state index in [4.69, 9.17) is 9.47 Å². The fourth-order valence-corrected chi connectivity index (χ4v) is 5.10. The van der Waals surface area contributed by atoms with E-state index in [0.29, 0.717) is 50.9 Å². The highest BCUT2D eigenvalue weighted by Gasteiger charge is 2.47. The van der Waals surface area contributed by atoms with Crippen molar-refractivity contribution < 1.29 is 19.1 Å². The number of rotatable bonds is 9. The normalized spacial score (nSPS) is 28.0. The molecule has 6 heteroatoms. The zero-order valence-electron chi connectivity index (χ0n) is 20.4. The quantitative estimate of drug-likeness (QED) is 0.615. The Bertz CT molecular complexity index is 811. The van der Waals surface area contributed by atoms with Gasteiger partial charge in [0.2, 0.25) is 11.8 Å². The average Bonchev–Trinajstić information content (AvgIpc) is 3.06. The molecular weight excluding hydrogens is 404 g/mol. The second-order valence-corrected chi connectivity index (χ2v) is 9.56. The molecule has 32 heavy (non-hydrogen) atoms. The van der Waals surface area contributed by atoms with Gasteiger partial charge in [-0.15, -0.1) is 0 Å². The lowest BCUT2D eigenvalue weighted by Gasteiger charge is -2.39. The predicted octanol–water partition coefficient (Wildman–Crippen LogP) is 4.35. The number of hydrogen-bond donors (Lipinski definition) is 1. The number of ether oxygens (including phenoxy) is 2. The van der Waals surface area contributed by atoms with Gasteiger partial charge >= 0.3 is 0 Å². The molecule has 0 radical (unpaired) electrons. The first-order valence-electron chi connectivity index (χ1n) is 12.3. The van der Waals surface area contributed by atoms with E-state index >= 15 is 0 Å². The first-order valence-corrected chi connectivity index (χ1v) is 12.3. The minimum absolute atomic E-state index is 0.00370. The molecule has 4 atom stereocenters. The average molecular weight is 445 g/mol. The van der Waals surface area contributed by atoms with Gasteiger partial charge in [0.1, 0.15) is 5.54 Å². The van der Waals surface area contributed by atoms with Crippen LogP contribution in [0.2, 0.25) is 0 Å². The number of hydrogen-bond acceptors (Lipinski definition) is 4. The molecule has 1 aliphatic heterocycles. The summed E-state index contributed by atoms with van der Waals surface area (Å²) in [6, 6.07) is 6.11. The molecule has 2 amide bonds. The Hall–Kier alpha value is -2.24. The summed E-state index contributed by atoms with van der Waals surface area (Å²) >= 11 is 0. The third-order valence-corrected chi connectivity index (χ3v) is 7.47. The van der Waals surface area contributed by atoms with Gasteiger partial charge in [-0.05, 0) is 69.6 Å². The maximum Gasteiger partial charge on any atom is 0.245 e. The predicted molar refractivity (Wildman–Crippen MR) is 126 cm³/mol. The van der Waals surface area contributed by atoms with E-state index in [1.54, 1.807) is 4.90 Å². The van der Waals surface area contributed by atoms with Crippen molar-refractivity contribution >= 4 is 11.8 Å². The van der Waals surface area contributed by atoms with Gasteiger partial charge in [-0.3, -0.25) is 9.59 Å². The lowest BCUT2D eigenvalue weighted by molar-refractivity contribution is -0.141. The van der Waals surface area contributed by atoms with Crippen LogP contribution in [-0.2, 0) is 16.0 Å². The van der Waals surface area contributed by atoms with E-state index in [0.717, 1.165) is 29.9 Å². The van der Waals surface area contributed by atoms with Gasteiger partial charge < -0.3 is 19.7 Å². The second-order valence-electron chi connectivity index (χ2n) is 9.56. The molecule has 0 aromatic heterocycles. The van der Waals surface area contributed by atoms with Crippen molar-refractivity contribution in [3.05, 3.63) is 23.8 Å². The molecule has 2 fully saturated rings. The highest BCUT2D eigenvalue weighted by Crippen LogP contribution is 2.34. The molecule has 1 aromatic rings. The lowest BCUT2D eigenvalue weighted by Crippen LogP contribution is -2.58. The summed E-state index contributed by atoms with van der Waals surface area (Å²) in [5, 5.41) is 3.31. The summed E-state index contributed by atoms with van der Waals surface area (Å²) < 4.78 is 11.4. The van der Waals surface area contributed by atoms with E-state index in [2.05, 4.69) is 19.2 Å². The summed E-state index contributed by atoms with van der Waals surface area (Å²) in [7, 11) is 0. The smallest absolute Gasteiger partial charge is 0.245 e. The zero-order valence-corrected chi connectivity index (χ0v) is 20.4. The van der Waals surface area contributed by atoms with Crippen LogP contribution in [0.3, 0.4) is 0 Å². The van der Waals surface area contributed by atoms with Gasteiger partial charge in [0.05, 0.1) is 13.2 Å².